The fourth-order valence-corrected chi connectivity index (χ4v) is 11.6. The Kier molecular flexibility index (Phi) is 6.09. The monoisotopic (exact) mass is 682 g/mol. The van der Waals surface area contributed by atoms with Crippen LogP contribution in [-0.2, 0) is 28.7 Å². The predicted molar refractivity (Wildman–Crippen MR) is 140 cm³/mol. The number of rotatable bonds is 4. The van der Waals surface area contributed by atoms with Crippen LogP contribution in [0.2, 0.25) is 0 Å². The summed E-state index contributed by atoms with van der Waals surface area (Å²) < 4.78 is 10.0. The molecule has 4 rings (SSSR count). The van der Waals surface area contributed by atoms with Crippen LogP contribution in [0.5, 0.6) is 0 Å². The zero-order valence-electron chi connectivity index (χ0n) is 19.9. The molecule has 0 radical (unpaired) electrons. The van der Waals surface area contributed by atoms with E-state index in [9.17, 15) is 19.2 Å². The number of Topliss-reactive ketones (excluding diaryl/α,β-unsaturated/α-hetero) is 2. The number of ketones is 3. The van der Waals surface area contributed by atoms with Gasteiger partial charge in [-0.25, -0.2) is 0 Å². The van der Waals surface area contributed by atoms with E-state index in [0.717, 1.165) is 24.8 Å². The van der Waals surface area contributed by atoms with Gasteiger partial charge in [-0.3, -0.25) is 19.2 Å². The Bertz CT molecular complexity index is 991. The Hall–Kier alpha value is -0.360. The third-order valence-electron chi connectivity index (χ3n) is 9.90. The molecular weight excluding hydrogens is 650 g/mol. The third-order valence-corrected chi connectivity index (χ3v) is 15.8. The molecule has 0 spiro atoms. The average molecular weight is 682 g/mol. The number of carbonyl (C=O) groups excluding carboxylic acids is 4. The number of ether oxygens (including phenoxy) is 2. The van der Waals surface area contributed by atoms with Crippen LogP contribution in [0.4, 0.5) is 0 Å². The largest absolute Gasteiger partial charge is 0.458 e. The molecule has 0 saturated heterocycles. The summed E-state index contributed by atoms with van der Waals surface area (Å²) in [5.74, 6) is -0.502. The number of esters is 1. The summed E-state index contributed by atoms with van der Waals surface area (Å²) in [6, 6.07) is 0. The van der Waals surface area contributed by atoms with Gasteiger partial charge in [0.05, 0.1) is 3.42 Å². The standard InChI is InChI=1S/C25H32I2O6/c1-15(28)33-14-19(31)23(32-5)10-11-24(26)21(3)9-6-16-12-17(29)7-8-20(16,2)25(21,27)18(30)13-22(23,24)4/h12H,6-11,13-14H2,1-5H3/t20-,21-,22+,23-,24+,25-/m0/s1. The molecule has 0 heterocycles. The Morgan fingerprint density at radius 2 is 1.67 bits per heavy atom. The van der Waals surface area contributed by atoms with E-state index < -0.39 is 34.7 Å². The summed E-state index contributed by atoms with van der Waals surface area (Å²) in [6.45, 7) is 7.35. The van der Waals surface area contributed by atoms with Gasteiger partial charge in [0, 0.05) is 46.5 Å². The maximum absolute atomic E-state index is 14.3. The lowest BCUT2D eigenvalue weighted by Gasteiger charge is -2.70. The van der Waals surface area contributed by atoms with Crippen molar-refractivity contribution in [3.05, 3.63) is 11.6 Å². The summed E-state index contributed by atoms with van der Waals surface area (Å²) in [5.41, 5.74) is -1.66. The molecular formula is C25H32I2O6. The van der Waals surface area contributed by atoms with Crippen LogP contribution in [0.3, 0.4) is 0 Å². The van der Waals surface area contributed by atoms with Crippen molar-refractivity contribution in [2.75, 3.05) is 13.7 Å². The highest BCUT2D eigenvalue weighted by Crippen LogP contribution is 2.79. The molecule has 33 heavy (non-hydrogen) atoms. The maximum atomic E-state index is 14.3. The number of hydrogen-bond acceptors (Lipinski definition) is 6. The molecule has 0 unspecified atom stereocenters. The molecule has 0 aromatic rings. The summed E-state index contributed by atoms with van der Waals surface area (Å²) in [4.78, 5) is 51.5. The zero-order chi connectivity index (χ0) is 24.7. The highest BCUT2D eigenvalue weighted by Gasteiger charge is 2.83. The van der Waals surface area contributed by atoms with Gasteiger partial charge < -0.3 is 9.47 Å². The fourth-order valence-electron chi connectivity index (χ4n) is 7.96. The van der Waals surface area contributed by atoms with Gasteiger partial charge in [-0.1, -0.05) is 71.5 Å². The van der Waals surface area contributed by atoms with Gasteiger partial charge in [0.2, 0.25) is 5.78 Å². The van der Waals surface area contributed by atoms with Gasteiger partial charge in [0.15, 0.2) is 18.2 Å². The topological polar surface area (TPSA) is 86.7 Å². The molecule has 6 nitrogen and oxygen atoms in total. The Labute approximate surface area is 222 Å². The van der Waals surface area contributed by atoms with Crippen molar-refractivity contribution >= 4 is 68.5 Å². The van der Waals surface area contributed by atoms with Gasteiger partial charge in [-0.2, -0.15) is 0 Å². The maximum Gasteiger partial charge on any atom is 0.303 e. The lowest BCUT2D eigenvalue weighted by atomic mass is 9.40. The van der Waals surface area contributed by atoms with Crippen LogP contribution < -0.4 is 0 Å². The van der Waals surface area contributed by atoms with E-state index in [4.69, 9.17) is 9.47 Å². The molecule has 0 amide bonds. The van der Waals surface area contributed by atoms with E-state index in [2.05, 4.69) is 59.0 Å². The molecule has 0 aromatic carbocycles. The first-order valence-corrected chi connectivity index (χ1v) is 13.7. The summed E-state index contributed by atoms with van der Waals surface area (Å²) in [5, 5.41) is 0. The van der Waals surface area contributed by atoms with Crippen molar-refractivity contribution < 1.29 is 28.7 Å². The zero-order valence-corrected chi connectivity index (χ0v) is 24.3. The van der Waals surface area contributed by atoms with Crippen LogP contribution in [0.15, 0.2) is 11.6 Å². The minimum Gasteiger partial charge on any atom is -0.458 e. The highest BCUT2D eigenvalue weighted by atomic mass is 127. The smallest absolute Gasteiger partial charge is 0.303 e. The highest BCUT2D eigenvalue weighted by molar-refractivity contribution is 14.1. The molecule has 4 aliphatic carbocycles. The number of methoxy groups -OCH3 is 1. The second-order valence-electron chi connectivity index (χ2n) is 10.9. The number of alkyl halides is 2. The van der Waals surface area contributed by atoms with E-state index in [0.29, 0.717) is 19.3 Å². The lowest BCUT2D eigenvalue weighted by molar-refractivity contribution is -0.177. The van der Waals surface area contributed by atoms with Crippen LogP contribution in [0.25, 0.3) is 0 Å². The van der Waals surface area contributed by atoms with Crippen LogP contribution >= 0.6 is 45.2 Å². The Morgan fingerprint density at radius 1 is 1.00 bits per heavy atom. The molecule has 0 N–H and O–H groups in total. The Balaban J connectivity index is 1.87. The number of halogens is 2. The number of hydrogen-bond donors (Lipinski definition) is 0. The second kappa shape index (κ2) is 7.82. The molecule has 4 aliphatic rings. The van der Waals surface area contributed by atoms with Crippen molar-refractivity contribution in [3.63, 3.8) is 0 Å². The van der Waals surface area contributed by atoms with Gasteiger partial charge in [0.1, 0.15) is 5.60 Å². The van der Waals surface area contributed by atoms with Gasteiger partial charge in [-0.15, -0.1) is 0 Å². The van der Waals surface area contributed by atoms with E-state index >= 15 is 0 Å². The van der Waals surface area contributed by atoms with Gasteiger partial charge in [-0.05, 0) is 38.2 Å². The van der Waals surface area contributed by atoms with E-state index in [1.165, 1.54) is 14.0 Å². The molecule has 3 saturated carbocycles. The first-order chi connectivity index (χ1) is 15.2. The van der Waals surface area contributed by atoms with Crippen molar-refractivity contribution in [1.29, 1.82) is 0 Å². The molecule has 0 aromatic heterocycles. The minimum absolute atomic E-state index is 0.131. The SMILES string of the molecule is CO[C@]1(C(=O)COC(C)=O)CC[C@@]2(I)[C@]3(C)CCC4=CC(=O)CC[C@]4(C)[C@@]3(I)C(=O)C[C@@]21C. The van der Waals surface area contributed by atoms with E-state index in [-0.39, 0.29) is 30.4 Å². The number of fused-ring (bicyclic) bond motifs is 5. The molecule has 0 bridgehead atoms. The molecule has 6 atom stereocenters. The van der Waals surface area contributed by atoms with Crippen LogP contribution in [-0.4, -0.2) is 49.5 Å². The van der Waals surface area contributed by atoms with Crippen molar-refractivity contribution in [3.8, 4) is 0 Å². The third kappa shape index (κ3) is 2.86. The first kappa shape index (κ1) is 25.7. The first-order valence-electron chi connectivity index (χ1n) is 11.6. The lowest BCUT2D eigenvalue weighted by Crippen LogP contribution is -2.76. The van der Waals surface area contributed by atoms with Crippen molar-refractivity contribution in [2.24, 2.45) is 16.2 Å². The summed E-state index contributed by atoms with van der Waals surface area (Å²) in [7, 11) is 1.54. The summed E-state index contributed by atoms with van der Waals surface area (Å²) in [6.07, 6.45) is 5.90. The molecule has 3 fully saturated rings. The van der Waals surface area contributed by atoms with Gasteiger partial charge in [0.25, 0.3) is 0 Å². The van der Waals surface area contributed by atoms with E-state index in [1.54, 1.807) is 6.08 Å². The summed E-state index contributed by atoms with van der Waals surface area (Å²) >= 11 is 4.97. The predicted octanol–water partition coefficient (Wildman–Crippen LogP) is 4.72. The van der Waals surface area contributed by atoms with Gasteiger partial charge >= 0.3 is 5.97 Å². The molecule has 0 aliphatic heterocycles. The minimum atomic E-state index is -1.19. The van der Waals surface area contributed by atoms with Crippen molar-refractivity contribution in [2.45, 2.75) is 85.1 Å². The second-order valence-corrected chi connectivity index (χ2v) is 14.4. The molecule has 182 valence electrons. The average Bonchev–Trinajstić information content (AvgIpc) is 2.99. The number of allylic oxidation sites excluding steroid dienone is 1. The van der Waals surface area contributed by atoms with Crippen LogP contribution in [0, 0.1) is 16.2 Å². The molecule has 8 heteroatoms. The van der Waals surface area contributed by atoms with E-state index in [1.807, 2.05) is 6.92 Å². The van der Waals surface area contributed by atoms with Crippen molar-refractivity contribution in [1.82, 2.24) is 0 Å². The fraction of sp³-hybridized carbons (Fsp3) is 0.760. The van der Waals surface area contributed by atoms with Crippen LogP contribution in [0.1, 0.15) is 72.6 Å². The normalized spacial score (nSPS) is 46.7. The number of carbonyl (C=O) groups is 4. The Morgan fingerprint density at radius 3 is 2.27 bits per heavy atom. The quantitative estimate of drug-likeness (QED) is 0.243.